The van der Waals surface area contributed by atoms with Gasteiger partial charge in [-0.3, -0.25) is 14.7 Å². The van der Waals surface area contributed by atoms with E-state index in [1.807, 2.05) is 61.5 Å². The van der Waals surface area contributed by atoms with E-state index in [-0.39, 0.29) is 5.91 Å². The average Bonchev–Trinajstić information content (AvgIpc) is 3.22. The molecule has 2 aromatic heterocycles. The van der Waals surface area contributed by atoms with Gasteiger partial charge in [0.25, 0.3) is 5.91 Å². The Kier molecular flexibility index (Phi) is 5.63. The fourth-order valence-electron chi connectivity index (χ4n) is 3.20. The van der Waals surface area contributed by atoms with Gasteiger partial charge in [0.05, 0.1) is 26.5 Å². The molecule has 0 aliphatic heterocycles. The van der Waals surface area contributed by atoms with Crippen LogP contribution in [0.2, 0.25) is 0 Å². The van der Waals surface area contributed by atoms with Crippen LogP contribution < -0.4 is 14.4 Å². The van der Waals surface area contributed by atoms with Crippen molar-refractivity contribution in [1.82, 2.24) is 9.97 Å². The number of anilines is 1. The molecule has 152 valence electrons. The second-order valence-corrected chi connectivity index (χ2v) is 7.70. The van der Waals surface area contributed by atoms with Crippen molar-refractivity contribution in [3.8, 4) is 11.5 Å². The van der Waals surface area contributed by atoms with E-state index in [4.69, 9.17) is 14.5 Å². The van der Waals surface area contributed by atoms with Crippen molar-refractivity contribution in [2.75, 3.05) is 19.1 Å². The molecule has 4 aromatic rings. The number of pyridine rings is 1. The van der Waals surface area contributed by atoms with Crippen LogP contribution in [-0.4, -0.2) is 30.1 Å². The van der Waals surface area contributed by atoms with E-state index in [0.29, 0.717) is 34.3 Å². The summed E-state index contributed by atoms with van der Waals surface area (Å²) in [5.41, 5.74) is 3.06. The number of methoxy groups -OCH3 is 2. The largest absolute Gasteiger partial charge is 0.495 e. The number of ether oxygens (including phenoxy) is 2. The van der Waals surface area contributed by atoms with Crippen molar-refractivity contribution in [1.29, 1.82) is 0 Å². The molecule has 6 nitrogen and oxygen atoms in total. The van der Waals surface area contributed by atoms with Gasteiger partial charge in [0.15, 0.2) is 5.13 Å². The minimum atomic E-state index is -0.138. The van der Waals surface area contributed by atoms with Crippen LogP contribution in [0.25, 0.3) is 10.2 Å². The van der Waals surface area contributed by atoms with Gasteiger partial charge in [-0.05, 0) is 43.3 Å². The smallest absolute Gasteiger partial charge is 0.260 e. The average molecular weight is 420 g/mol. The maximum Gasteiger partial charge on any atom is 0.260 e. The van der Waals surface area contributed by atoms with Crippen molar-refractivity contribution in [3.63, 3.8) is 0 Å². The lowest BCUT2D eigenvalue weighted by Gasteiger charge is -2.19. The van der Waals surface area contributed by atoms with Crippen LogP contribution in [0.3, 0.4) is 0 Å². The second-order valence-electron chi connectivity index (χ2n) is 6.73. The van der Waals surface area contributed by atoms with Gasteiger partial charge in [-0.15, -0.1) is 0 Å². The Balaban J connectivity index is 1.84. The summed E-state index contributed by atoms with van der Waals surface area (Å²) in [6.45, 7) is 2.27. The van der Waals surface area contributed by atoms with E-state index >= 15 is 0 Å². The number of fused-ring (bicyclic) bond motifs is 1. The molecule has 2 aromatic carbocycles. The molecule has 0 unspecified atom stereocenters. The van der Waals surface area contributed by atoms with E-state index in [9.17, 15) is 4.79 Å². The van der Waals surface area contributed by atoms with E-state index in [2.05, 4.69) is 4.98 Å². The van der Waals surface area contributed by atoms with Crippen LogP contribution in [-0.2, 0) is 6.54 Å². The Labute approximate surface area is 178 Å². The first-order valence-electron chi connectivity index (χ1n) is 9.40. The maximum atomic E-state index is 13.5. The van der Waals surface area contributed by atoms with Gasteiger partial charge in [-0.2, -0.15) is 0 Å². The Morgan fingerprint density at radius 1 is 1.03 bits per heavy atom. The number of amides is 1. The van der Waals surface area contributed by atoms with Crippen LogP contribution in [0.15, 0.2) is 60.8 Å². The lowest BCUT2D eigenvalue weighted by atomic mass is 10.1. The first kappa shape index (κ1) is 19.8. The van der Waals surface area contributed by atoms with Gasteiger partial charge in [0.1, 0.15) is 21.7 Å². The predicted molar refractivity (Wildman–Crippen MR) is 119 cm³/mol. The molecular weight excluding hydrogens is 398 g/mol. The fraction of sp³-hybridized carbons (Fsp3) is 0.174. The van der Waals surface area contributed by atoms with Crippen molar-refractivity contribution in [2.45, 2.75) is 13.5 Å². The molecule has 0 saturated carbocycles. The zero-order chi connectivity index (χ0) is 21.1. The Bertz CT molecular complexity index is 1150. The third-order valence-electron chi connectivity index (χ3n) is 4.69. The summed E-state index contributed by atoms with van der Waals surface area (Å²) in [5.74, 6) is 1.19. The molecule has 2 heterocycles. The monoisotopic (exact) mass is 419 g/mol. The number of hydrogen-bond donors (Lipinski definition) is 0. The van der Waals surface area contributed by atoms with Crippen molar-refractivity contribution in [3.05, 3.63) is 77.6 Å². The zero-order valence-electron chi connectivity index (χ0n) is 17.0. The number of rotatable bonds is 6. The highest BCUT2D eigenvalue weighted by Crippen LogP contribution is 2.40. The first-order valence-corrected chi connectivity index (χ1v) is 10.2. The Morgan fingerprint density at radius 2 is 1.83 bits per heavy atom. The number of carbonyl (C=O) groups excluding carboxylic acids is 1. The number of carbonyl (C=O) groups is 1. The quantitative estimate of drug-likeness (QED) is 0.446. The zero-order valence-corrected chi connectivity index (χ0v) is 17.8. The number of nitrogens with zero attached hydrogens (tertiary/aromatic N) is 3. The fourth-order valence-corrected chi connectivity index (χ4v) is 4.28. The molecule has 0 aliphatic rings. The van der Waals surface area contributed by atoms with Gasteiger partial charge in [-0.1, -0.05) is 35.1 Å². The summed E-state index contributed by atoms with van der Waals surface area (Å²) in [6.07, 6.45) is 1.72. The molecule has 7 heteroatoms. The Hall–Kier alpha value is -3.45. The summed E-state index contributed by atoms with van der Waals surface area (Å²) >= 11 is 1.39. The molecule has 0 saturated heterocycles. The van der Waals surface area contributed by atoms with Crippen molar-refractivity contribution < 1.29 is 14.3 Å². The lowest BCUT2D eigenvalue weighted by molar-refractivity contribution is 0.0984. The van der Waals surface area contributed by atoms with E-state index in [0.717, 1.165) is 16.0 Å². The maximum absolute atomic E-state index is 13.5. The summed E-state index contributed by atoms with van der Waals surface area (Å²) in [7, 11) is 3.22. The number of hydrogen-bond acceptors (Lipinski definition) is 6. The molecule has 0 N–H and O–H groups in total. The normalized spacial score (nSPS) is 10.8. The van der Waals surface area contributed by atoms with Gasteiger partial charge in [0.2, 0.25) is 0 Å². The summed E-state index contributed by atoms with van der Waals surface area (Å²) in [4.78, 5) is 24.3. The molecule has 0 spiro atoms. The van der Waals surface area contributed by atoms with Crippen LogP contribution >= 0.6 is 11.3 Å². The number of aryl methyl sites for hydroxylation is 1. The molecular formula is C23H21N3O3S. The van der Waals surface area contributed by atoms with Gasteiger partial charge >= 0.3 is 0 Å². The van der Waals surface area contributed by atoms with Crippen LogP contribution in [0, 0.1) is 6.92 Å². The highest BCUT2D eigenvalue weighted by Gasteiger charge is 2.24. The first-order chi connectivity index (χ1) is 14.6. The molecule has 0 radical (unpaired) electrons. The molecule has 30 heavy (non-hydrogen) atoms. The Morgan fingerprint density at radius 3 is 2.53 bits per heavy atom. The predicted octanol–water partition coefficient (Wildman–Crippen LogP) is 4.86. The second kappa shape index (κ2) is 8.51. The molecule has 0 bridgehead atoms. The van der Waals surface area contributed by atoms with Crippen LogP contribution in [0.4, 0.5) is 5.13 Å². The molecule has 0 atom stereocenters. The highest BCUT2D eigenvalue weighted by atomic mass is 32.1. The number of aromatic nitrogens is 2. The van der Waals surface area contributed by atoms with Crippen LogP contribution in [0.1, 0.15) is 21.6 Å². The minimum Gasteiger partial charge on any atom is -0.495 e. The van der Waals surface area contributed by atoms with E-state index in [1.54, 1.807) is 25.3 Å². The topological polar surface area (TPSA) is 64.6 Å². The highest BCUT2D eigenvalue weighted by molar-refractivity contribution is 7.22. The van der Waals surface area contributed by atoms with Gasteiger partial charge < -0.3 is 9.47 Å². The van der Waals surface area contributed by atoms with Crippen molar-refractivity contribution >= 4 is 32.6 Å². The summed E-state index contributed by atoms with van der Waals surface area (Å²) in [5, 5.41) is 0.560. The SMILES string of the molecule is COc1ccc(OC)c2sc(N(Cc3ccccn3)C(=O)c3cccc(C)c3)nc12. The lowest BCUT2D eigenvalue weighted by Crippen LogP contribution is -2.30. The van der Waals surface area contributed by atoms with Gasteiger partial charge in [0, 0.05) is 11.8 Å². The summed E-state index contributed by atoms with van der Waals surface area (Å²) in [6, 6.07) is 16.8. The molecule has 4 rings (SSSR count). The molecule has 0 aliphatic carbocycles. The number of thiazole rings is 1. The third kappa shape index (κ3) is 3.84. The number of benzene rings is 2. The van der Waals surface area contributed by atoms with Crippen LogP contribution in [0.5, 0.6) is 11.5 Å². The van der Waals surface area contributed by atoms with E-state index < -0.39 is 0 Å². The standard InChI is InChI=1S/C23H21N3O3S/c1-15-7-6-8-16(13-15)22(27)26(14-17-9-4-5-12-24-17)23-25-20-18(28-2)10-11-19(29-3)21(20)30-23/h4-13H,14H2,1-3H3. The molecule has 0 fully saturated rings. The van der Waals surface area contributed by atoms with E-state index in [1.165, 1.54) is 11.3 Å². The third-order valence-corrected chi connectivity index (χ3v) is 5.78. The van der Waals surface area contributed by atoms with Crippen molar-refractivity contribution in [2.24, 2.45) is 0 Å². The molecule has 1 amide bonds. The van der Waals surface area contributed by atoms with Gasteiger partial charge in [-0.25, -0.2) is 4.98 Å². The summed E-state index contributed by atoms with van der Waals surface area (Å²) < 4.78 is 11.8. The minimum absolute atomic E-state index is 0.138.